The Morgan fingerprint density at radius 2 is 1.84 bits per heavy atom. The molecular formula is C22H27F3IN5O. The van der Waals surface area contributed by atoms with Crippen molar-refractivity contribution in [3.63, 3.8) is 0 Å². The van der Waals surface area contributed by atoms with Crippen molar-refractivity contribution in [1.82, 2.24) is 15.5 Å². The maximum absolute atomic E-state index is 13.7. The van der Waals surface area contributed by atoms with Gasteiger partial charge in [-0.15, -0.1) is 24.0 Å². The molecule has 1 amide bonds. The summed E-state index contributed by atoms with van der Waals surface area (Å²) in [5, 5.41) is 8.26. The van der Waals surface area contributed by atoms with Crippen molar-refractivity contribution >= 4 is 41.5 Å². The van der Waals surface area contributed by atoms with E-state index in [1.165, 1.54) is 5.56 Å². The summed E-state index contributed by atoms with van der Waals surface area (Å²) in [7, 11) is 1.58. The first kappa shape index (κ1) is 25.9. The molecule has 1 unspecified atom stereocenters. The SMILES string of the molecule is CN=C(NCC(=O)Nc1ccc(F)c(F)c1F)NCC1CCCN1Cc1ccccc1.I. The lowest BCUT2D eigenvalue weighted by molar-refractivity contribution is -0.115. The number of halogens is 4. The van der Waals surface area contributed by atoms with E-state index in [0.29, 0.717) is 18.5 Å². The van der Waals surface area contributed by atoms with E-state index in [-0.39, 0.29) is 30.5 Å². The first-order valence-corrected chi connectivity index (χ1v) is 10.1. The number of carbonyl (C=O) groups excluding carboxylic acids is 1. The smallest absolute Gasteiger partial charge is 0.243 e. The van der Waals surface area contributed by atoms with Crippen LogP contribution in [0.1, 0.15) is 18.4 Å². The number of anilines is 1. The molecule has 3 N–H and O–H groups in total. The predicted octanol–water partition coefficient (Wildman–Crippen LogP) is 3.49. The van der Waals surface area contributed by atoms with Gasteiger partial charge in [0, 0.05) is 26.2 Å². The molecule has 1 aliphatic heterocycles. The first-order chi connectivity index (χ1) is 15.0. The van der Waals surface area contributed by atoms with Gasteiger partial charge < -0.3 is 16.0 Å². The second-order valence-corrected chi connectivity index (χ2v) is 7.33. The molecule has 0 aliphatic carbocycles. The molecule has 0 spiro atoms. The van der Waals surface area contributed by atoms with Gasteiger partial charge in [-0.25, -0.2) is 13.2 Å². The maximum atomic E-state index is 13.7. The van der Waals surface area contributed by atoms with Crippen molar-refractivity contribution in [2.24, 2.45) is 4.99 Å². The first-order valence-electron chi connectivity index (χ1n) is 10.1. The van der Waals surface area contributed by atoms with Gasteiger partial charge in [-0.3, -0.25) is 14.7 Å². The van der Waals surface area contributed by atoms with Gasteiger partial charge in [-0.2, -0.15) is 0 Å². The van der Waals surface area contributed by atoms with E-state index in [4.69, 9.17) is 0 Å². The number of benzene rings is 2. The number of hydrogen-bond acceptors (Lipinski definition) is 3. The molecule has 0 bridgehead atoms. The van der Waals surface area contributed by atoms with Crippen LogP contribution in [0.2, 0.25) is 0 Å². The standard InChI is InChI=1S/C22H26F3N5O.HI/c1-26-22(28-13-19(31)29-18-10-9-17(23)20(24)21(18)25)27-12-16-8-5-11-30(16)14-15-6-3-2-4-7-15;/h2-4,6-7,9-10,16H,5,8,11-14H2,1H3,(H,29,31)(H2,26,27,28);1H. The van der Waals surface area contributed by atoms with Crippen molar-refractivity contribution in [2.45, 2.75) is 25.4 Å². The Morgan fingerprint density at radius 3 is 2.56 bits per heavy atom. The highest BCUT2D eigenvalue weighted by molar-refractivity contribution is 14.0. The second-order valence-electron chi connectivity index (χ2n) is 7.33. The Balaban J connectivity index is 0.00000363. The minimum Gasteiger partial charge on any atom is -0.355 e. The fraction of sp³-hybridized carbons (Fsp3) is 0.364. The molecule has 1 atom stereocenters. The van der Waals surface area contributed by atoms with Gasteiger partial charge >= 0.3 is 0 Å². The highest BCUT2D eigenvalue weighted by atomic mass is 127. The quantitative estimate of drug-likeness (QED) is 0.210. The minimum atomic E-state index is -1.63. The van der Waals surface area contributed by atoms with Crippen LogP contribution in [0.3, 0.4) is 0 Å². The average molecular weight is 561 g/mol. The van der Waals surface area contributed by atoms with Gasteiger partial charge in [0.2, 0.25) is 5.91 Å². The van der Waals surface area contributed by atoms with Crippen LogP contribution in [-0.4, -0.2) is 49.5 Å². The lowest BCUT2D eigenvalue weighted by Gasteiger charge is -2.25. The van der Waals surface area contributed by atoms with E-state index in [0.717, 1.165) is 38.1 Å². The lowest BCUT2D eigenvalue weighted by Crippen LogP contribution is -2.46. The van der Waals surface area contributed by atoms with E-state index >= 15 is 0 Å². The third kappa shape index (κ3) is 7.09. The normalized spacial score (nSPS) is 16.4. The molecule has 2 aromatic rings. The number of carbonyl (C=O) groups is 1. The zero-order valence-corrected chi connectivity index (χ0v) is 20.0. The number of rotatable bonds is 7. The molecule has 0 saturated carbocycles. The van der Waals surface area contributed by atoms with Crippen LogP contribution in [0.4, 0.5) is 18.9 Å². The van der Waals surface area contributed by atoms with Crippen molar-refractivity contribution in [2.75, 3.05) is 32.0 Å². The van der Waals surface area contributed by atoms with Gasteiger partial charge in [0.05, 0.1) is 12.2 Å². The molecule has 10 heteroatoms. The highest BCUT2D eigenvalue weighted by Crippen LogP contribution is 2.20. The molecule has 1 fully saturated rings. The Bertz CT molecular complexity index is 929. The zero-order valence-electron chi connectivity index (χ0n) is 17.7. The van der Waals surface area contributed by atoms with Gasteiger partial charge in [0.1, 0.15) is 0 Å². The maximum Gasteiger partial charge on any atom is 0.243 e. The highest BCUT2D eigenvalue weighted by Gasteiger charge is 2.24. The topological polar surface area (TPSA) is 68.8 Å². The zero-order chi connectivity index (χ0) is 22.2. The van der Waals surface area contributed by atoms with Gasteiger partial charge in [-0.1, -0.05) is 30.3 Å². The Morgan fingerprint density at radius 1 is 1.09 bits per heavy atom. The summed E-state index contributed by atoms with van der Waals surface area (Å²) in [4.78, 5) is 18.6. The Labute approximate surface area is 202 Å². The third-order valence-corrected chi connectivity index (χ3v) is 5.18. The number of aliphatic imine (C=N–C) groups is 1. The van der Waals surface area contributed by atoms with Gasteiger partial charge in [0.25, 0.3) is 0 Å². The van der Waals surface area contributed by atoms with E-state index in [9.17, 15) is 18.0 Å². The van der Waals surface area contributed by atoms with Crippen LogP contribution in [0.15, 0.2) is 47.5 Å². The van der Waals surface area contributed by atoms with E-state index in [1.807, 2.05) is 18.2 Å². The Kier molecular flexibility index (Phi) is 10.2. The molecule has 174 valence electrons. The molecule has 32 heavy (non-hydrogen) atoms. The molecular weight excluding hydrogens is 534 g/mol. The number of hydrogen-bond donors (Lipinski definition) is 3. The molecule has 0 aromatic heterocycles. The van der Waals surface area contributed by atoms with Crippen molar-refractivity contribution in [3.8, 4) is 0 Å². The van der Waals surface area contributed by atoms with Crippen molar-refractivity contribution in [3.05, 3.63) is 65.5 Å². The molecule has 0 radical (unpaired) electrons. The number of likely N-dealkylation sites (tertiary alicyclic amines) is 1. The Hall–Kier alpha value is -2.34. The number of amides is 1. The molecule has 1 heterocycles. The minimum absolute atomic E-state index is 0. The van der Waals surface area contributed by atoms with E-state index < -0.39 is 29.0 Å². The summed E-state index contributed by atoms with van der Waals surface area (Å²) in [6, 6.07) is 12.3. The molecule has 1 aliphatic rings. The third-order valence-electron chi connectivity index (χ3n) is 5.18. The van der Waals surface area contributed by atoms with Crippen LogP contribution in [0.25, 0.3) is 0 Å². The summed E-state index contributed by atoms with van der Waals surface area (Å²) < 4.78 is 40.0. The fourth-order valence-electron chi connectivity index (χ4n) is 3.57. The van der Waals surface area contributed by atoms with Crippen molar-refractivity contribution < 1.29 is 18.0 Å². The number of nitrogens with zero attached hydrogens (tertiary/aromatic N) is 2. The monoisotopic (exact) mass is 561 g/mol. The largest absolute Gasteiger partial charge is 0.355 e. The van der Waals surface area contributed by atoms with E-state index in [1.54, 1.807) is 7.05 Å². The summed E-state index contributed by atoms with van der Waals surface area (Å²) >= 11 is 0. The second kappa shape index (κ2) is 12.6. The van der Waals surface area contributed by atoms with Crippen LogP contribution in [0, 0.1) is 17.5 Å². The summed E-state index contributed by atoms with van der Waals surface area (Å²) in [6.07, 6.45) is 2.18. The summed E-state index contributed by atoms with van der Waals surface area (Å²) in [5.74, 6) is -4.56. The molecule has 3 rings (SSSR count). The van der Waals surface area contributed by atoms with Gasteiger partial charge in [0.15, 0.2) is 23.4 Å². The predicted molar refractivity (Wildman–Crippen MR) is 130 cm³/mol. The molecule has 2 aromatic carbocycles. The molecule has 1 saturated heterocycles. The number of guanidine groups is 1. The van der Waals surface area contributed by atoms with Gasteiger partial charge in [-0.05, 0) is 37.1 Å². The van der Waals surface area contributed by atoms with Crippen LogP contribution in [-0.2, 0) is 11.3 Å². The fourth-order valence-corrected chi connectivity index (χ4v) is 3.57. The summed E-state index contributed by atoms with van der Waals surface area (Å²) in [5.41, 5.74) is 0.842. The van der Waals surface area contributed by atoms with Crippen LogP contribution in [0.5, 0.6) is 0 Å². The summed E-state index contributed by atoms with van der Waals surface area (Å²) in [6.45, 7) is 2.35. The average Bonchev–Trinajstić information content (AvgIpc) is 3.22. The molecule has 6 nitrogen and oxygen atoms in total. The van der Waals surface area contributed by atoms with Crippen LogP contribution < -0.4 is 16.0 Å². The number of nitrogens with one attached hydrogen (secondary N) is 3. The lowest BCUT2D eigenvalue weighted by atomic mass is 10.2. The van der Waals surface area contributed by atoms with Crippen LogP contribution >= 0.6 is 24.0 Å². The van der Waals surface area contributed by atoms with E-state index in [2.05, 4.69) is 38.0 Å². The van der Waals surface area contributed by atoms with Crippen molar-refractivity contribution in [1.29, 1.82) is 0 Å².